The highest BCUT2D eigenvalue weighted by Crippen LogP contribution is 2.54. The maximum absolute atomic E-state index is 13.8. The molecule has 3 atom stereocenters. The number of imide groups is 1. The van der Waals surface area contributed by atoms with Crippen molar-refractivity contribution < 1.29 is 23.5 Å². The van der Waals surface area contributed by atoms with E-state index >= 15 is 0 Å². The Bertz CT molecular complexity index is 1690. The molecule has 3 aromatic carbocycles. The first kappa shape index (κ1) is 26.3. The van der Waals surface area contributed by atoms with Gasteiger partial charge in [0.2, 0.25) is 11.8 Å². The SMILES string of the molecule is O=C(COc1ccccc1C1c2sc(=O)[nH]c2SC2C(=O)N(c3ccc(F)cc3)C(=O)C21)Nc1ccc(Cl)cc1. The van der Waals surface area contributed by atoms with Crippen LogP contribution >= 0.6 is 34.7 Å². The number of H-pyrrole nitrogens is 1. The van der Waals surface area contributed by atoms with Crippen molar-refractivity contribution in [3.63, 3.8) is 0 Å². The lowest BCUT2D eigenvalue weighted by molar-refractivity contribution is -0.122. The van der Waals surface area contributed by atoms with Crippen molar-refractivity contribution in [2.45, 2.75) is 16.2 Å². The van der Waals surface area contributed by atoms with E-state index in [1.807, 2.05) is 0 Å². The van der Waals surface area contributed by atoms with Gasteiger partial charge in [0.15, 0.2) is 6.61 Å². The molecular weight excluding hydrogens is 577 g/mol. The summed E-state index contributed by atoms with van der Waals surface area (Å²) in [6.45, 7) is -0.319. The number of ether oxygens (including phenoxy) is 1. The first-order valence-corrected chi connectivity index (χ1v) is 14.2. The van der Waals surface area contributed by atoms with Crippen LogP contribution in [0.4, 0.5) is 15.8 Å². The molecule has 40 heavy (non-hydrogen) atoms. The summed E-state index contributed by atoms with van der Waals surface area (Å²) < 4.78 is 19.5. The van der Waals surface area contributed by atoms with Crippen molar-refractivity contribution in [3.8, 4) is 5.75 Å². The number of nitrogens with one attached hydrogen (secondary N) is 2. The summed E-state index contributed by atoms with van der Waals surface area (Å²) in [7, 11) is 0. The predicted octanol–water partition coefficient (Wildman–Crippen LogP) is 5.04. The van der Waals surface area contributed by atoms with Crippen molar-refractivity contribution in [3.05, 3.63) is 104 Å². The Morgan fingerprint density at radius 2 is 1.73 bits per heavy atom. The minimum Gasteiger partial charge on any atom is -0.483 e. The molecule has 202 valence electrons. The second kappa shape index (κ2) is 10.6. The Morgan fingerprint density at radius 1 is 1.00 bits per heavy atom. The Hall–Kier alpha value is -3.93. The first-order chi connectivity index (χ1) is 19.3. The highest BCUT2D eigenvalue weighted by atomic mass is 35.5. The van der Waals surface area contributed by atoms with Crippen LogP contribution in [-0.2, 0) is 14.4 Å². The van der Waals surface area contributed by atoms with Crippen molar-refractivity contribution in [1.29, 1.82) is 0 Å². The molecule has 3 unspecified atom stereocenters. The van der Waals surface area contributed by atoms with Gasteiger partial charge in [0.25, 0.3) is 5.91 Å². The number of thioether (sulfide) groups is 1. The quantitative estimate of drug-likeness (QED) is 0.302. The van der Waals surface area contributed by atoms with E-state index in [1.54, 1.807) is 48.5 Å². The number of aromatic amines is 1. The molecule has 3 heterocycles. The molecule has 1 saturated heterocycles. The molecule has 4 aromatic rings. The Balaban J connectivity index is 1.33. The molecule has 0 spiro atoms. The molecule has 0 saturated carbocycles. The van der Waals surface area contributed by atoms with Gasteiger partial charge in [0, 0.05) is 27.1 Å². The van der Waals surface area contributed by atoms with Gasteiger partial charge in [-0.3, -0.25) is 19.2 Å². The van der Waals surface area contributed by atoms with Crippen LogP contribution in [0.1, 0.15) is 16.4 Å². The summed E-state index contributed by atoms with van der Waals surface area (Å²) in [6.07, 6.45) is 0. The van der Waals surface area contributed by atoms with Gasteiger partial charge in [-0.05, 0) is 54.6 Å². The number of rotatable bonds is 6. The van der Waals surface area contributed by atoms with Crippen LogP contribution in [0.25, 0.3) is 0 Å². The zero-order valence-electron chi connectivity index (χ0n) is 20.4. The largest absolute Gasteiger partial charge is 0.483 e. The van der Waals surface area contributed by atoms with Crippen molar-refractivity contribution in [1.82, 2.24) is 4.98 Å². The summed E-state index contributed by atoms with van der Waals surface area (Å²) in [5.41, 5.74) is 1.39. The van der Waals surface area contributed by atoms with Gasteiger partial charge in [0.05, 0.1) is 16.6 Å². The minimum absolute atomic E-state index is 0.269. The standard InChI is InChI=1S/C28H19ClFN3O5S2/c29-14-5-9-16(10-6-14)31-20(34)13-38-19-4-2-1-3-18(19)21-22-24(39-25-23(21)40-28(37)32-25)27(36)33(26(22)35)17-11-7-15(30)8-12-17/h1-12,21-22,24H,13H2,(H,31,34)(H,32,37). The average molecular weight is 596 g/mol. The van der Waals surface area contributed by atoms with E-state index in [2.05, 4.69) is 10.3 Å². The summed E-state index contributed by atoms with van der Waals surface area (Å²) in [4.78, 5) is 56.5. The van der Waals surface area contributed by atoms with Crippen molar-refractivity contribution in [2.24, 2.45) is 5.92 Å². The zero-order chi connectivity index (χ0) is 28.0. The molecule has 6 rings (SSSR count). The number of aromatic nitrogens is 1. The zero-order valence-corrected chi connectivity index (χ0v) is 22.8. The van der Waals surface area contributed by atoms with E-state index in [0.717, 1.165) is 28.0 Å². The molecule has 1 aromatic heterocycles. The van der Waals surface area contributed by atoms with Crippen LogP contribution in [0.15, 0.2) is 82.6 Å². The van der Waals surface area contributed by atoms with Gasteiger partial charge in [-0.1, -0.05) is 52.9 Å². The van der Waals surface area contributed by atoms with E-state index in [4.69, 9.17) is 16.3 Å². The fourth-order valence-corrected chi connectivity index (χ4v) is 7.57. The molecular formula is C28H19ClFN3O5S2. The monoisotopic (exact) mass is 595 g/mol. The summed E-state index contributed by atoms with van der Waals surface area (Å²) in [5.74, 6) is -3.00. The van der Waals surface area contributed by atoms with Crippen LogP contribution in [0, 0.1) is 11.7 Å². The number of hydrogen-bond acceptors (Lipinski definition) is 7. The van der Waals surface area contributed by atoms with Gasteiger partial charge in [-0.15, -0.1) is 0 Å². The Kier molecular flexibility index (Phi) is 6.95. The summed E-state index contributed by atoms with van der Waals surface area (Å²) in [6, 6.07) is 18.7. The lowest BCUT2D eigenvalue weighted by atomic mass is 9.82. The van der Waals surface area contributed by atoms with Crippen molar-refractivity contribution >= 4 is 63.8 Å². The Labute approximate surface area is 240 Å². The lowest BCUT2D eigenvalue weighted by Gasteiger charge is -2.30. The number of nitrogens with zero attached hydrogens (tertiary/aromatic N) is 1. The number of halogens is 2. The molecule has 0 bridgehead atoms. The normalized spacial score (nSPS) is 19.8. The maximum Gasteiger partial charge on any atom is 0.305 e. The van der Waals surface area contributed by atoms with E-state index in [0.29, 0.717) is 31.9 Å². The van der Waals surface area contributed by atoms with E-state index < -0.39 is 40.6 Å². The third-order valence-corrected chi connectivity index (χ3v) is 9.30. The number of carbonyl (C=O) groups excluding carboxylic acids is 3. The number of thiazole rings is 1. The number of carbonyl (C=O) groups is 3. The fourth-order valence-electron chi connectivity index (χ4n) is 4.94. The van der Waals surface area contributed by atoms with Gasteiger partial charge in [-0.2, -0.15) is 0 Å². The summed E-state index contributed by atoms with van der Waals surface area (Å²) in [5, 5.41) is 2.97. The third-order valence-electron chi connectivity index (χ3n) is 6.65. The second-order valence-corrected chi connectivity index (χ2v) is 11.7. The van der Waals surface area contributed by atoms with Gasteiger partial charge in [0.1, 0.15) is 16.8 Å². The van der Waals surface area contributed by atoms with Gasteiger partial charge >= 0.3 is 4.87 Å². The molecule has 0 aliphatic carbocycles. The van der Waals surface area contributed by atoms with Crippen LogP contribution in [0.3, 0.4) is 0 Å². The number of anilines is 2. The molecule has 1 fully saturated rings. The topological polar surface area (TPSA) is 109 Å². The number of amides is 3. The van der Waals surface area contributed by atoms with E-state index in [-0.39, 0.29) is 17.2 Å². The van der Waals surface area contributed by atoms with Crippen LogP contribution in [0.5, 0.6) is 5.75 Å². The molecule has 12 heteroatoms. The van der Waals surface area contributed by atoms with E-state index in [9.17, 15) is 23.6 Å². The smallest absolute Gasteiger partial charge is 0.305 e. The van der Waals surface area contributed by atoms with Crippen LogP contribution in [-0.4, -0.2) is 34.6 Å². The molecule has 2 N–H and O–H groups in total. The minimum atomic E-state index is -0.853. The molecule has 0 radical (unpaired) electrons. The predicted molar refractivity (Wildman–Crippen MR) is 151 cm³/mol. The lowest BCUT2D eigenvalue weighted by Crippen LogP contribution is -2.32. The number of benzene rings is 3. The number of para-hydroxylation sites is 1. The number of fused-ring (bicyclic) bond motifs is 2. The second-order valence-electron chi connectivity index (χ2n) is 9.12. The Morgan fingerprint density at radius 3 is 2.48 bits per heavy atom. The summed E-state index contributed by atoms with van der Waals surface area (Å²) >= 11 is 8.02. The van der Waals surface area contributed by atoms with Crippen molar-refractivity contribution in [2.75, 3.05) is 16.8 Å². The van der Waals surface area contributed by atoms with Gasteiger partial charge < -0.3 is 15.0 Å². The molecule has 8 nitrogen and oxygen atoms in total. The van der Waals surface area contributed by atoms with Gasteiger partial charge in [-0.25, -0.2) is 9.29 Å². The van der Waals surface area contributed by atoms with Crippen LogP contribution < -0.4 is 19.8 Å². The highest BCUT2D eigenvalue weighted by molar-refractivity contribution is 8.00. The van der Waals surface area contributed by atoms with Crippen LogP contribution in [0.2, 0.25) is 5.02 Å². The number of hydrogen-bond donors (Lipinski definition) is 2. The highest BCUT2D eigenvalue weighted by Gasteiger charge is 2.56. The molecule has 2 aliphatic rings. The average Bonchev–Trinajstić information content (AvgIpc) is 3.44. The van der Waals surface area contributed by atoms with E-state index in [1.165, 1.54) is 24.3 Å². The molecule has 2 aliphatic heterocycles. The first-order valence-electron chi connectivity index (χ1n) is 12.1. The third kappa shape index (κ3) is 4.80. The maximum atomic E-state index is 13.8. The fraction of sp³-hybridized carbons (Fsp3) is 0.143. The molecule has 3 amide bonds.